The minimum Gasteiger partial charge on any atom is -0.462 e. The van der Waals surface area contributed by atoms with Gasteiger partial charge in [0.25, 0.3) is 0 Å². The maximum absolute atomic E-state index is 12.2. The fourth-order valence-electron chi connectivity index (χ4n) is 9.59. The van der Waals surface area contributed by atoms with Crippen LogP contribution in [-0.4, -0.2) is 12.6 Å². The summed E-state index contributed by atoms with van der Waals surface area (Å²) in [7, 11) is 0. The molecule has 0 N–H and O–H groups in total. The molecule has 1 heterocycles. The molecular formula is C25H38O2. The number of esters is 1. The van der Waals surface area contributed by atoms with E-state index in [1.165, 1.54) is 44.9 Å². The first-order valence-corrected chi connectivity index (χ1v) is 11.5. The van der Waals surface area contributed by atoms with Crippen LogP contribution in [0.25, 0.3) is 0 Å². The highest BCUT2D eigenvalue weighted by atomic mass is 16.5. The number of ether oxygens (including phenoxy) is 1. The molecule has 2 heteroatoms. The molecule has 1 saturated heterocycles. The highest BCUT2D eigenvalue weighted by Gasteiger charge is 2.66. The van der Waals surface area contributed by atoms with Gasteiger partial charge >= 0.3 is 5.97 Å². The van der Waals surface area contributed by atoms with Gasteiger partial charge in [-0.3, -0.25) is 0 Å². The van der Waals surface area contributed by atoms with Crippen LogP contribution in [0.2, 0.25) is 0 Å². The summed E-state index contributed by atoms with van der Waals surface area (Å²) in [6, 6.07) is 0. The Morgan fingerprint density at radius 2 is 1.52 bits per heavy atom. The first-order valence-electron chi connectivity index (χ1n) is 11.5. The summed E-state index contributed by atoms with van der Waals surface area (Å²) in [5.41, 5.74) is 2.67. The maximum atomic E-state index is 12.2. The molecule has 1 aliphatic heterocycles. The van der Waals surface area contributed by atoms with Crippen LogP contribution in [-0.2, 0) is 9.53 Å². The van der Waals surface area contributed by atoms with Gasteiger partial charge in [-0.1, -0.05) is 47.1 Å². The van der Waals surface area contributed by atoms with Crippen LogP contribution in [0.3, 0.4) is 0 Å². The number of carbonyl (C=O) groups excluding carboxylic acids is 1. The van der Waals surface area contributed by atoms with Crippen molar-refractivity contribution >= 4 is 5.97 Å². The van der Waals surface area contributed by atoms with E-state index >= 15 is 0 Å². The minimum atomic E-state index is -0.0309. The van der Waals surface area contributed by atoms with E-state index in [9.17, 15) is 4.79 Å². The number of allylic oxidation sites excluding steroid dienone is 1. The fourth-order valence-corrected chi connectivity index (χ4v) is 9.59. The summed E-state index contributed by atoms with van der Waals surface area (Å²) in [5, 5.41) is 0. The van der Waals surface area contributed by atoms with Crippen LogP contribution in [0.1, 0.15) is 86.0 Å². The molecule has 5 aliphatic rings. The largest absolute Gasteiger partial charge is 0.462 e. The standard InChI is InChI=1S/C25H38O2/c1-22(2)11-6-12-24(4)18(22)9-14-25(5)19-8-7-16-17(15-27-21(16)26)23(19,3)13-10-20(24)25/h7,17-20H,6,8-15H2,1-5H3/t17-,18-,19+,20+,23+,24-,25-/m0/s1. The van der Waals surface area contributed by atoms with Crippen molar-refractivity contribution in [3.05, 3.63) is 11.6 Å². The summed E-state index contributed by atoms with van der Waals surface area (Å²) in [4.78, 5) is 12.2. The van der Waals surface area contributed by atoms with E-state index in [1.54, 1.807) is 0 Å². The molecule has 0 aromatic heterocycles. The van der Waals surface area contributed by atoms with Crippen molar-refractivity contribution in [3.63, 3.8) is 0 Å². The van der Waals surface area contributed by atoms with Gasteiger partial charge in [-0.05, 0) is 84.4 Å². The SMILES string of the molecule is CC1(C)CCC[C@]2(C)[C@H]3CC[C@@]4(C)[C@@H](CC=C5C(=O)OC[C@@H]54)[C@]3(C)CC[C@@H]12. The smallest absolute Gasteiger partial charge is 0.334 e. The lowest BCUT2D eigenvalue weighted by Gasteiger charge is -2.69. The molecule has 0 amide bonds. The van der Waals surface area contributed by atoms with Crippen molar-refractivity contribution in [3.8, 4) is 0 Å². The van der Waals surface area contributed by atoms with Crippen LogP contribution in [0.5, 0.6) is 0 Å². The molecule has 27 heavy (non-hydrogen) atoms. The zero-order valence-corrected chi connectivity index (χ0v) is 18.1. The number of rotatable bonds is 0. The van der Waals surface area contributed by atoms with Gasteiger partial charge in [0.2, 0.25) is 0 Å². The van der Waals surface area contributed by atoms with Crippen molar-refractivity contribution in [1.29, 1.82) is 0 Å². The topological polar surface area (TPSA) is 26.3 Å². The molecule has 2 nitrogen and oxygen atoms in total. The van der Waals surface area contributed by atoms with Crippen molar-refractivity contribution < 1.29 is 9.53 Å². The quantitative estimate of drug-likeness (QED) is 0.478. The molecule has 5 rings (SSSR count). The van der Waals surface area contributed by atoms with Crippen molar-refractivity contribution in [2.45, 2.75) is 86.0 Å². The average Bonchev–Trinajstić information content (AvgIpc) is 2.96. The lowest BCUT2D eigenvalue weighted by atomic mass is 9.35. The van der Waals surface area contributed by atoms with Crippen LogP contribution >= 0.6 is 0 Å². The Morgan fingerprint density at radius 1 is 0.852 bits per heavy atom. The van der Waals surface area contributed by atoms with Crippen LogP contribution in [0.4, 0.5) is 0 Å². The lowest BCUT2D eigenvalue weighted by Crippen LogP contribution is -2.62. The Hall–Kier alpha value is -0.790. The van der Waals surface area contributed by atoms with E-state index in [-0.39, 0.29) is 11.4 Å². The van der Waals surface area contributed by atoms with E-state index in [0.717, 1.165) is 23.8 Å². The zero-order valence-electron chi connectivity index (χ0n) is 18.1. The summed E-state index contributed by atoms with van der Waals surface area (Å²) < 4.78 is 5.51. The van der Waals surface area contributed by atoms with Gasteiger partial charge < -0.3 is 4.74 Å². The van der Waals surface area contributed by atoms with Crippen molar-refractivity contribution in [1.82, 2.24) is 0 Å². The Balaban J connectivity index is 1.55. The van der Waals surface area contributed by atoms with Gasteiger partial charge in [-0.2, -0.15) is 0 Å². The number of carbonyl (C=O) groups is 1. The van der Waals surface area contributed by atoms with E-state index in [0.29, 0.717) is 34.7 Å². The minimum absolute atomic E-state index is 0.0309. The molecule has 0 aromatic rings. The Bertz CT molecular complexity index is 705. The molecule has 3 saturated carbocycles. The molecule has 0 spiro atoms. The first kappa shape index (κ1) is 18.3. The van der Waals surface area contributed by atoms with E-state index in [2.05, 4.69) is 40.7 Å². The molecule has 0 unspecified atom stereocenters. The third kappa shape index (κ3) is 2.16. The van der Waals surface area contributed by atoms with Crippen LogP contribution in [0, 0.1) is 45.3 Å². The van der Waals surface area contributed by atoms with Gasteiger partial charge in [0.15, 0.2) is 0 Å². The Labute approximate surface area is 165 Å². The van der Waals surface area contributed by atoms with E-state index in [1.807, 2.05) is 0 Å². The second-order valence-electron chi connectivity index (χ2n) is 12.1. The second kappa shape index (κ2) is 5.42. The highest BCUT2D eigenvalue weighted by Crippen LogP contribution is 2.73. The van der Waals surface area contributed by atoms with Gasteiger partial charge in [0.1, 0.15) is 0 Å². The number of hydrogen-bond acceptors (Lipinski definition) is 2. The van der Waals surface area contributed by atoms with Crippen molar-refractivity contribution in [2.75, 3.05) is 6.61 Å². The average molecular weight is 371 g/mol. The summed E-state index contributed by atoms with van der Waals surface area (Å²) in [6.07, 6.45) is 13.0. The number of fused-ring (bicyclic) bond motifs is 7. The predicted molar refractivity (Wildman–Crippen MR) is 108 cm³/mol. The predicted octanol–water partition coefficient (Wildman–Crippen LogP) is 6.15. The van der Waals surface area contributed by atoms with E-state index in [4.69, 9.17) is 4.74 Å². The molecule has 0 bridgehead atoms. The number of cyclic esters (lactones) is 1. The molecule has 4 fully saturated rings. The lowest BCUT2D eigenvalue weighted by molar-refractivity contribution is -0.199. The summed E-state index contributed by atoms with van der Waals surface area (Å²) >= 11 is 0. The molecule has 4 aliphatic carbocycles. The molecule has 150 valence electrons. The molecule has 0 aromatic carbocycles. The van der Waals surface area contributed by atoms with Crippen molar-refractivity contribution in [2.24, 2.45) is 45.3 Å². The second-order valence-corrected chi connectivity index (χ2v) is 12.1. The third-order valence-corrected chi connectivity index (χ3v) is 10.8. The highest BCUT2D eigenvalue weighted by molar-refractivity contribution is 5.91. The summed E-state index contributed by atoms with van der Waals surface area (Å²) in [6.45, 7) is 13.5. The molecule has 0 radical (unpaired) electrons. The van der Waals surface area contributed by atoms with Crippen LogP contribution < -0.4 is 0 Å². The van der Waals surface area contributed by atoms with Gasteiger partial charge in [0.05, 0.1) is 6.61 Å². The fraction of sp³-hybridized carbons (Fsp3) is 0.880. The van der Waals surface area contributed by atoms with Gasteiger partial charge in [0, 0.05) is 11.5 Å². The zero-order chi connectivity index (χ0) is 19.2. The normalized spacial score (nSPS) is 53.4. The first-order chi connectivity index (χ1) is 12.6. The maximum Gasteiger partial charge on any atom is 0.334 e. The van der Waals surface area contributed by atoms with E-state index < -0.39 is 0 Å². The van der Waals surface area contributed by atoms with Gasteiger partial charge in [-0.15, -0.1) is 0 Å². The third-order valence-electron chi connectivity index (χ3n) is 10.8. The van der Waals surface area contributed by atoms with Crippen LogP contribution in [0.15, 0.2) is 11.6 Å². The molecule has 7 atom stereocenters. The number of hydrogen-bond donors (Lipinski definition) is 0. The Morgan fingerprint density at radius 3 is 2.30 bits per heavy atom. The van der Waals surface area contributed by atoms with Gasteiger partial charge in [-0.25, -0.2) is 4.79 Å². The summed E-state index contributed by atoms with van der Waals surface area (Å²) in [5.74, 6) is 2.74. The monoisotopic (exact) mass is 370 g/mol. The molecular weight excluding hydrogens is 332 g/mol. The Kier molecular flexibility index (Phi) is 3.66.